The third-order valence-corrected chi connectivity index (χ3v) is 2.83. The second-order valence-electron chi connectivity index (χ2n) is 4.71. The minimum Gasteiger partial charge on any atom is -0.496 e. The maximum atomic E-state index is 8.89. The van der Waals surface area contributed by atoms with E-state index < -0.39 is 0 Å². The van der Waals surface area contributed by atoms with Crippen molar-refractivity contribution in [2.24, 2.45) is 0 Å². The Balaban J connectivity index is 2.69. The summed E-state index contributed by atoms with van der Waals surface area (Å²) in [4.78, 5) is 0. The number of methoxy groups -OCH3 is 2. The molecule has 0 amide bonds. The highest BCUT2D eigenvalue weighted by molar-refractivity contribution is 5.41. The van der Waals surface area contributed by atoms with Gasteiger partial charge in [0.05, 0.1) is 24.3 Å². The second kappa shape index (κ2) is 6.39. The van der Waals surface area contributed by atoms with Crippen LogP contribution in [-0.2, 0) is 11.3 Å². The summed E-state index contributed by atoms with van der Waals surface area (Å²) in [5.74, 6) is 0.789. The van der Waals surface area contributed by atoms with Crippen LogP contribution in [-0.4, -0.2) is 26.4 Å². The van der Waals surface area contributed by atoms with E-state index in [9.17, 15) is 0 Å². The number of nitrogens with one attached hydrogen (secondary N) is 1. The van der Waals surface area contributed by atoms with Crippen LogP contribution in [0.4, 0.5) is 0 Å². The van der Waals surface area contributed by atoms with Crippen molar-refractivity contribution in [2.75, 3.05) is 20.8 Å². The van der Waals surface area contributed by atoms with Crippen LogP contribution in [0.15, 0.2) is 18.2 Å². The summed E-state index contributed by atoms with van der Waals surface area (Å²) in [5, 5.41) is 12.2. The Hall–Kier alpha value is -1.57. The average molecular weight is 248 g/mol. The standard InChI is InChI=1S/C14H20N2O2/c1-14(2,18-4)10-16-9-12-7-11(8-15)5-6-13(12)17-3/h5-7,16H,9-10H2,1-4H3. The summed E-state index contributed by atoms with van der Waals surface area (Å²) in [5.41, 5.74) is 1.40. The fourth-order valence-corrected chi connectivity index (χ4v) is 1.56. The lowest BCUT2D eigenvalue weighted by Gasteiger charge is -2.23. The maximum absolute atomic E-state index is 8.89. The number of nitriles is 1. The van der Waals surface area contributed by atoms with Crippen molar-refractivity contribution in [1.82, 2.24) is 5.32 Å². The summed E-state index contributed by atoms with van der Waals surface area (Å²) in [6.45, 7) is 5.40. The van der Waals surface area contributed by atoms with Gasteiger partial charge >= 0.3 is 0 Å². The van der Waals surface area contributed by atoms with Crippen molar-refractivity contribution in [1.29, 1.82) is 5.26 Å². The van der Waals surface area contributed by atoms with E-state index in [-0.39, 0.29) is 5.60 Å². The molecule has 0 aliphatic heterocycles. The van der Waals surface area contributed by atoms with Gasteiger partial charge in [-0.3, -0.25) is 0 Å². The molecule has 0 fully saturated rings. The van der Waals surface area contributed by atoms with Crippen LogP contribution in [0.25, 0.3) is 0 Å². The Morgan fingerprint density at radius 1 is 1.33 bits per heavy atom. The van der Waals surface area contributed by atoms with Crippen LogP contribution in [0.2, 0.25) is 0 Å². The Morgan fingerprint density at radius 3 is 2.61 bits per heavy atom. The zero-order valence-electron chi connectivity index (χ0n) is 11.4. The van der Waals surface area contributed by atoms with Gasteiger partial charge in [0.2, 0.25) is 0 Å². The topological polar surface area (TPSA) is 54.3 Å². The van der Waals surface area contributed by atoms with E-state index in [4.69, 9.17) is 14.7 Å². The van der Waals surface area contributed by atoms with E-state index in [1.165, 1.54) is 0 Å². The predicted octanol–water partition coefficient (Wildman–Crippen LogP) is 2.08. The van der Waals surface area contributed by atoms with Gasteiger partial charge in [-0.1, -0.05) is 0 Å². The first kappa shape index (κ1) is 14.5. The van der Waals surface area contributed by atoms with E-state index in [1.54, 1.807) is 20.3 Å². The third-order valence-electron chi connectivity index (χ3n) is 2.83. The molecule has 0 bridgehead atoms. The summed E-state index contributed by atoms with van der Waals surface area (Å²) >= 11 is 0. The molecule has 0 atom stereocenters. The Kier molecular flexibility index (Phi) is 5.14. The molecule has 0 aromatic heterocycles. The highest BCUT2D eigenvalue weighted by Gasteiger charge is 2.15. The number of rotatable bonds is 6. The van der Waals surface area contributed by atoms with Crippen molar-refractivity contribution in [3.8, 4) is 11.8 Å². The van der Waals surface area contributed by atoms with Crippen LogP contribution >= 0.6 is 0 Å². The maximum Gasteiger partial charge on any atom is 0.123 e. The van der Waals surface area contributed by atoms with E-state index in [0.717, 1.165) is 17.9 Å². The fraction of sp³-hybridized carbons (Fsp3) is 0.500. The molecule has 1 aromatic rings. The first-order valence-electron chi connectivity index (χ1n) is 5.85. The van der Waals surface area contributed by atoms with Gasteiger partial charge in [-0.15, -0.1) is 0 Å². The molecular weight excluding hydrogens is 228 g/mol. The monoisotopic (exact) mass is 248 g/mol. The van der Waals surface area contributed by atoms with Crippen molar-refractivity contribution >= 4 is 0 Å². The van der Waals surface area contributed by atoms with Crippen molar-refractivity contribution in [3.05, 3.63) is 29.3 Å². The van der Waals surface area contributed by atoms with E-state index in [1.807, 2.05) is 26.0 Å². The zero-order valence-corrected chi connectivity index (χ0v) is 11.4. The Labute approximate surface area is 109 Å². The van der Waals surface area contributed by atoms with Gasteiger partial charge in [0, 0.05) is 25.8 Å². The fourth-order valence-electron chi connectivity index (χ4n) is 1.56. The molecule has 0 unspecified atom stereocenters. The van der Waals surface area contributed by atoms with Crippen LogP contribution in [0.1, 0.15) is 25.0 Å². The van der Waals surface area contributed by atoms with E-state index in [0.29, 0.717) is 12.1 Å². The minimum absolute atomic E-state index is 0.208. The van der Waals surface area contributed by atoms with Gasteiger partial charge in [-0.05, 0) is 32.0 Å². The van der Waals surface area contributed by atoms with Gasteiger partial charge in [0.15, 0.2) is 0 Å². The van der Waals surface area contributed by atoms with E-state index >= 15 is 0 Å². The molecule has 98 valence electrons. The van der Waals surface area contributed by atoms with Gasteiger partial charge < -0.3 is 14.8 Å². The lowest BCUT2D eigenvalue weighted by atomic mass is 10.1. The van der Waals surface area contributed by atoms with E-state index in [2.05, 4.69) is 11.4 Å². The molecule has 0 saturated carbocycles. The number of benzene rings is 1. The number of ether oxygens (including phenoxy) is 2. The molecule has 18 heavy (non-hydrogen) atoms. The van der Waals surface area contributed by atoms with Gasteiger partial charge in [-0.2, -0.15) is 5.26 Å². The summed E-state index contributed by atoms with van der Waals surface area (Å²) in [6, 6.07) is 7.54. The molecule has 4 heteroatoms. The number of hydrogen-bond donors (Lipinski definition) is 1. The molecule has 0 saturated heterocycles. The highest BCUT2D eigenvalue weighted by Crippen LogP contribution is 2.19. The third kappa shape index (κ3) is 4.02. The Bertz CT molecular complexity index is 436. The lowest BCUT2D eigenvalue weighted by Crippen LogP contribution is -2.36. The smallest absolute Gasteiger partial charge is 0.123 e. The molecule has 0 radical (unpaired) electrons. The van der Waals surface area contributed by atoms with Crippen molar-refractivity contribution < 1.29 is 9.47 Å². The molecule has 0 aliphatic rings. The number of nitrogens with zero attached hydrogens (tertiary/aromatic N) is 1. The van der Waals surface area contributed by atoms with Gasteiger partial charge in [-0.25, -0.2) is 0 Å². The zero-order chi connectivity index (χ0) is 13.6. The van der Waals surface area contributed by atoms with Gasteiger partial charge in [0.25, 0.3) is 0 Å². The normalized spacial score (nSPS) is 11.1. The number of hydrogen-bond acceptors (Lipinski definition) is 4. The minimum atomic E-state index is -0.208. The summed E-state index contributed by atoms with van der Waals surface area (Å²) in [7, 11) is 3.32. The summed E-state index contributed by atoms with van der Waals surface area (Å²) in [6.07, 6.45) is 0. The molecule has 1 aromatic carbocycles. The summed E-state index contributed by atoms with van der Waals surface area (Å²) < 4.78 is 10.6. The average Bonchev–Trinajstić information content (AvgIpc) is 2.38. The molecule has 0 heterocycles. The van der Waals surface area contributed by atoms with Crippen LogP contribution in [0.3, 0.4) is 0 Å². The second-order valence-corrected chi connectivity index (χ2v) is 4.71. The highest BCUT2D eigenvalue weighted by atomic mass is 16.5. The molecule has 1 rings (SSSR count). The largest absolute Gasteiger partial charge is 0.496 e. The van der Waals surface area contributed by atoms with Crippen LogP contribution in [0, 0.1) is 11.3 Å². The van der Waals surface area contributed by atoms with Crippen molar-refractivity contribution in [3.63, 3.8) is 0 Å². The van der Waals surface area contributed by atoms with Crippen molar-refractivity contribution in [2.45, 2.75) is 26.0 Å². The van der Waals surface area contributed by atoms with Crippen LogP contribution in [0.5, 0.6) is 5.75 Å². The molecule has 0 aliphatic carbocycles. The lowest BCUT2D eigenvalue weighted by molar-refractivity contribution is 0.0230. The molecule has 1 N–H and O–H groups in total. The van der Waals surface area contributed by atoms with Gasteiger partial charge in [0.1, 0.15) is 5.75 Å². The molecule has 0 spiro atoms. The first-order chi connectivity index (χ1) is 8.52. The van der Waals surface area contributed by atoms with Crippen LogP contribution < -0.4 is 10.1 Å². The SMILES string of the molecule is COc1ccc(C#N)cc1CNCC(C)(C)OC. The predicted molar refractivity (Wildman–Crippen MR) is 70.5 cm³/mol. The Morgan fingerprint density at radius 2 is 2.06 bits per heavy atom. The quantitative estimate of drug-likeness (QED) is 0.837. The molecular formula is C14H20N2O2. The molecule has 4 nitrogen and oxygen atoms in total. The first-order valence-corrected chi connectivity index (χ1v) is 5.85.